The zero-order valence-electron chi connectivity index (χ0n) is 21.9. The van der Waals surface area contributed by atoms with Crippen LogP contribution < -0.4 is 10.1 Å². The maximum atomic E-state index is 13.9. The molecule has 4 aromatic carbocycles. The Bertz CT molecular complexity index is 1400. The monoisotopic (exact) mass is 584 g/mol. The summed E-state index contributed by atoms with van der Waals surface area (Å²) in [7, 11) is 0. The molecule has 0 aromatic heterocycles. The quantitative estimate of drug-likeness (QED) is 0.226. The van der Waals surface area contributed by atoms with Crippen molar-refractivity contribution in [1.29, 1.82) is 0 Å². The van der Waals surface area contributed by atoms with Gasteiger partial charge in [-0.15, -0.1) is 0 Å². The highest BCUT2D eigenvalue weighted by Gasteiger charge is 2.32. The third-order valence-electron chi connectivity index (χ3n) is 7.34. The number of benzene rings is 4. The molecule has 4 aromatic rings. The van der Waals surface area contributed by atoms with E-state index in [0.717, 1.165) is 52.1 Å². The smallest absolute Gasteiger partial charge is 0.261 e. The van der Waals surface area contributed by atoms with E-state index in [-0.39, 0.29) is 24.5 Å². The molecule has 0 spiro atoms. The summed E-state index contributed by atoms with van der Waals surface area (Å²) in [6.45, 7) is 0.146. The second kappa shape index (κ2) is 12.9. The Morgan fingerprint density at radius 3 is 2.31 bits per heavy atom. The molecule has 0 unspecified atom stereocenters. The summed E-state index contributed by atoms with van der Waals surface area (Å²) in [5.74, 6) is 0.315. The van der Waals surface area contributed by atoms with Crippen LogP contribution in [-0.2, 0) is 22.6 Å². The second-order valence-electron chi connectivity index (χ2n) is 10.1. The molecule has 5 nitrogen and oxygen atoms in total. The van der Waals surface area contributed by atoms with Gasteiger partial charge >= 0.3 is 0 Å². The van der Waals surface area contributed by atoms with E-state index in [1.54, 1.807) is 4.90 Å². The largest absolute Gasteiger partial charge is 0.483 e. The standard InChI is InChI=1S/C33H33BrN2O3/c34-27-19-17-25(18-20-27)22-36(32(37)23-39-31-16-8-12-26-11-4-7-15-29(26)31)30(21-24-9-2-1-3-10-24)33(38)35-28-13-5-6-14-28/h1-4,7-12,15-20,28,30H,5-6,13-14,21-23H2,(H,35,38)/t30-/m1/s1. The fourth-order valence-corrected chi connectivity index (χ4v) is 5.52. The van der Waals surface area contributed by atoms with Crippen molar-refractivity contribution < 1.29 is 14.3 Å². The van der Waals surface area contributed by atoms with Crippen LogP contribution in [0.1, 0.15) is 36.8 Å². The van der Waals surface area contributed by atoms with Gasteiger partial charge in [0, 0.05) is 28.9 Å². The Hall–Kier alpha value is -3.64. The highest BCUT2D eigenvalue weighted by atomic mass is 79.9. The lowest BCUT2D eigenvalue weighted by Crippen LogP contribution is -2.53. The van der Waals surface area contributed by atoms with Gasteiger partial charge in [0.1, 0.15) is 11.8 Å². The molecule has 2 amide bonds. The Kier molecular flexibility index (Phi) is 8.94. The first-order valence-corrected chi connectivity index (χ1v) is 14.3. The molecule has 6 heteroatoms. The van der Waals surface area contributed by atoms with Gasteiger partial charge in [-0.25, -0.2) is 0 Å². The number of hydrogen-bond acceptors (Lipinski definition) is 3. The van der Waals surface area contributed by atoms with Crippen molar-refractivity contribution in [3.8, 4) is 5.75 Å². The third kappa shape index (κ3) is 7.07. The highest BCUT2D eigenvalue weighted by Crippen LogP contribution is 2.26. The fourth-order valence-electron chi connectivity index (χ4n) is 5.25. The summed E-state index contributed by atoms with van der Waals surface area (Å²) in [5.41, 5.74) is 1.95. The molecule has 1 aliphatic carbocycles. The molecule has 1 aliphatic rings. The molecule has 0 saturated heterocycles. The van der Waals surface area contributed by atoms with Gasteiger partial charge in [-0.1, -0.05) is 108 Å². The number of carbonyl (C=O) groups excluding carboxylic acids is 2. The van der Waals surface area contributed by atoms with E-state index in [1.807, 2.05) is 97.1 Å². The van der Waals surface area contributed by atoms with Gasteiger partial charge in [-0.2, -0.15) is 0 Å². The molecule has 1 fully saturated rings. The van der Waals surface area contributed by atoms with Crippen LogP contribution in [0.15, 0.2) is 102 Å². The summed E-state index contributed by atoms with van der Waals surface area (Å²) >= 11 is 3.49. The molecule has 5 rings (SSSR count). The van der Waals surface area contributed by atoms with Crippen LogP contribution in [0.5, 0.6) is 5.75 Å². The van der Waals surface area contributed by atoms with Gasteiger partial charge < -0.3 is 15.0 Å². The Morgan fingerprint density at radius 1 is 0.846 bits per heavy atom. The minimum absolute atomic E-state index is 0.110. The summed E-state index contributed by atoms with van der Waals surface area (Å²) in [6.07, 6.45) is 4.63. The lowest BCUT2D eigenvalue weighted by molar-refractivity contribution is -0.143. The molecule has 1 saturated carbocycles. The zero-order chi connectivity index (χ0) is 27.0. The molecular formula is C33H33BrN2O3. The fraction of sp³-hybridized carbons (Fsp3) is 0.273. The van der Waals surface area contributed by atoms with Gasteiger partial charge in [-0.05, 0) is 47.6 Å². The molecular weight excluding hydrogens is 552 g/mol. The molecule has 0 radical (unpaired) electrons. The van der Waals surface area contributed by atoms with Crippen molar-refractivity contribution in [1.82, 2.24) is 10.2 Å². The minimum atomic E-state index is -0.666. The maximum Gasteiger partial charge on any atom is 0.261 e. The molecule has 0 heterocycles. The second-order valence-corrected chi connectivity index (χ2v) is 11.0. The van der Waals surface area contributed by atoms with Gasteiger partial charge in [0.15, 0.2) is 6.61 Å². The number of hydrogen-bond donors (Lipinski definition) is 1. The summed E-state index contributed by atoms with van der Waals surface area (Å²) in [4.78, 5) is 29.4. The van der Waals surface area contributed by atoms with E-state index in [0.29, 0.717) is 18.7 Å². The molecule has 1 N–H and O–H groups in total. The number of halogens is 1. The Balaban J connectivity index is 1.43. The summed E-state index contributed by atoms with van der Waals surface area (Å²) in [6, 6.07) is 31.0. The lowest BCUT2D eigenvalue weighted by atomic mass is 10.0. The predicted octanol–water partition coefficient (Wildman–Crippen LogP) is 6.68. The number of rotatable bonds is 10. The zero-order valence-corrected chi connectivity index (χ0v) is 23.5. The Labute approximate surface area is 238 Å². The van der Waals surface area contributed by atoms with Crippen LogP contribution in [0.25, 0.3) is 10.8 Å². The normalized spacial score (nSPS) is 14.2. The van der Waals surface area contributed by atoms with Crippen LogP contribution in [0.2, 0.25) is 0 Å². The van der Waals surface area contributed by atoms with Crippen molar-refractivity contribution in [2.45, 2.75) is 50.7 Å². The van der Waals surface area contributed by atoms with Crippen molar-refractivity contribution in [2.24, 2.45) is 0 Å². The number of nitrogens with zero attached hydrogens (tertiary/aromatic N) is 1. The number of fused-ring (bicyclic) bond motifs is 1. The first kappa shape index (κ1) is 26.9. The lowest BCUT2D eigenvalue weighted by Gasteiger charge is -2.32. The van der Waals surface area contributed by atoms with E-state index < -0.39 is 6.04 Å². The molecule has 39 heavy (non-hydrogen) atoms. The minimum Gasteiger partial charge on any atom is -0.483 e. The average Bonchev–Trinajstić information content (AvgIpc) is 3.48. The summed E-state index contributed by atoms with van der Waals surface area (Å²) in [5, 5.41) is 5.25. The van der Waals surface area contributed by atoms with Gasteiger partial charge in [-0.3, -0.25) is 9.59 Å². The first-order chi connectivity index (χ1) is 19.1. The van der Waals surface area contributed by atoms with E-state index >= 15 is 0 Å². The van der Waals surface area contributed by atoms with Gasteiger partial charge in [0.25, 0.3) is 5.91 Å². The Morgan fingerprint density at radius 2 is 1.54 bits per heavy atom. The van der Waals surface area contributed by atoms with E-state index in [9.17, 15) is 9.59 Å². The molecule has 0 aliphatic heterocycles. The van der Waals surface area contributed by atoms with Crippen molar-refractivity contribution in [3.05, 3.63) is 113 Å². The number of amides is 2. The molecule has 200 valence electrons. The van der Waals surface area contributed by atoms with Gasteiger partial charge in [0.05, 0.1) is 0 Å². The van der Waals surface area contributed by atoms with Crippen LogP contribution >= 0.6 is 15.9 Å². The summed E-state index contributed by atoms with van der Waals surface area (Å²) < 4.78 is 7.06. The van der Waals surface area contributed by atoms with E-state index in [1.165, 1.54) is 0 Å². The van der Waals surface area contributed by atoms with Crippen molar-refractivity contribution >= 4 is 38.5 Å². The van der Waals surface area contributed by atoms with E-state index in [2.05, 4.69) is 21.2 Å². The molecule has 1 atom stereocenters. The van der Waals surface area contributed by atoms with Crippen molar-refractivity contribution in [3.63, 3.8) is 0 Å². The molecule has 0 bridgehead atoms. The van der Waals surface area contributed by atoms with E-state index in [4.69, 9.17) is 4.74 Å². The average molecular weight is 586 g/mol. The predicted molar refractivity (Wildman–Crippen MR) is 158 cm³/mol. The SMILES string of the molecule is O=C(NC1CCCC1)[C@@H](Cc1ccccc1)N(Cc1ccc(Br)cc1)C(=O)COc1cccc2ccccc12. The van der Waals surface area contributed by atoms with Crippen molar-refractivity contribution in [2.75, 3.05) is 6.61 Å². The highest BCUT2D eigenvalue weighted by molar-refractivity contribution is 9.10. The first-order valence-electron chi connectivity index (χ1n) is 13.6. The van der Waals surface area contributed by atoms with Crippen LogP contribution in [0.4, 0.5) is 0 Å². The van der Waals surface area contributed by atoms with Crippen LogP contribution in [-0.4, -0.2) is 35.4 Å². The maximum absolute atomic E-state index is 13.9. The van der Waals surface area contributed by atoms with Gasteiger partial charge in [0.2, 0.25) is 5.91 Å². The number of ether oxygens (including phenoxy) is 1. The topological polar surface area (TPSA) is 58.6 Å². The number of carbonyl (C=O) groups is 2. The van der Waals surface area contributed by atoms with Crippen LogP contribution in [0, 0.1) is 0 Å². The number of nitrogens with one attached hydrogen (secondary N) is 1. The van der Waals surface area contributed by atoms with Crippen LogP contribution in [0.3, 0.4) is 0 Å². The third-order valence-corrected chi connectivity index (χ3v) is 7.87.